The predicted molar refractivity (Wildman–Crippen MR) is 95.3 cm³/mol. The fraction of sp³-hybridized carbons (Fsp3) is 0.421. The van der Waals surface area contributed by atoms with E-state index in [4.69, 9.17) is 4.74 Å². The summed E-state index contributed by atoms with van der Waals surface area (Å²) in [6, 6.07) is 4.10. The Hall–Kier alpha value is -2.83. The van der Waals surface area contributed by atoms with Crippen molar-refractivity contribution in [2.45, 2.75) is 39.8 Å². The second-order valence-corrected chi connectivity index (χ2v) is 6.93. The smallest absolute Gasteiger partial charge is 0.330 e. The van der Waals surface area contributed by atoms with Gasteiger partial charge in [-0.1, -0.05) is 19.9 Å². The number of aromatic nitrogens is 2. The van der Waals surface area contributed by atoms with Crippen LogP contribution in [0.4, 0.5) is 0 Å². The van der Waals surface area contributed by atoms with Crippen LogP contribution in [0, 0.1) is 12.8 Å². The Bertz CT molecular complexity index is 841. The van der Waals surface area contributed by atoms with Crippen molar-refractivity contribution in [1.29, 1.82) is 0 Å². The summed E-state index contributed by atoms with van der Waals surface area (Å²) in [7, 11) is 0. The Labute approximate surface area is 152 Å². The lowest BCUT2D eigenvalue weighted by atomic mass is 10.0. The SMILES string of the molecule is Cc1c(C(=O)NC(C(=O)O)c2ccc3c(c2)CCO3)cnn1CC(C)C. The van der Waals surface area contributed by atoms with Gasteiger partial charge in [0.15, 0.2) is 6.04 Å². The number of carboxylic acids is 1. The van der Waals surface area contributed by atoms with Crippen molar-refractivity contribution < 1.29 is 19.4 Å². The molecule has 1 aliphatic heterocycles. The molecular formula is C19H23N3O4. The zero-order valence-corrected chi connectivity index (χ0v) is 15.2. The molecule has 0 radical (unpaired) electrons. The van der Waals surface area contributed by atoms with Crippen molar-refractivity contribution in [2.24, 2.45) is 5.92 Å². The largest absolute Gasteiger partial charge is 0.493 e. The van der Waals surface area contributed by atoms with Gasteiger partial charge in [0.2, 0.25) is 0 Å². The fourth-order valence-electron chi connectivity index (χ4n) is 3.08. The number of fused-ring (bicyclic) bond motifs is 1. The van der Waals surface area contributed by atoms with Gasteiger partial charge in [0.25, 0.3) is 5.91 Å². The van der Waals surface area contributed by atoms with Crippen LogP contribution in [-0.4, -0.2) is 33.4 Å². The minimum Gasteiger partial charge on any atom is -0.493 e. The maximum Gasteiger partial charge on any atom is 0.330 e. The van der Waals surface area contributed by atoms with Crippen LogP contribution >= 0.6 is 0 Å². The van der Waals surface area contributed by atoms with E-state index in [9.17, 15) is 14.7 Å². The molecule has 2 N–H and O–H groups in total. The van der Waals surface area contributed by atoms with Crippen LogP contribution in [0.2, 0.25) is 0 Å². The van der Waals surface area contributed by atoms with Gasteiger partial charge in [-0.15, -0.1) is 0 Å². The average molecular weight is 357 g/mol. The summed E-state index contributed by atoms with van der Waals surface area (Å²) in [4.78, 5) is 24.4. The third kappa shape index (κ3) is 3.56. The first-order chi connectivity index (χ1) is 12.4. The normalized spacial score (nSPS) is 14.0. The zero-order chi connectivity index (χ0) is 18.8. The van der Waals surface area contributed by atoms with Gasteiger partial charge in [0.1, 0.15) is 5.75 Å². The van der Waals surface area contributed by atoms with Gasteiger partial charge in [-0.05, 0) is 36.1 Å². The Morgan fingerprint density at radius 1 is 1.38 bits per heavy atom. The summed E-state index contributed by atoms with van der Waals surface area (Å²) in [5, 5.41) is 16.5. The summed E-state index contributed by atoms with van der Waals surface area (Å²) in [5.74, 6) is -0.383. The van der Waals surface area contributed by atoms with Crippen LogP contribution in [0.1, 0.15) is 47.1 Å². The van der Waals surface area contributed by atoms with Crippen LogP contribution in [0.25, 0.3) is 0 Å². The third-order valence-electron chi connectivity index (χ3n) is 4.46. The summed E-state index contributed by atoms with van der Waals surface area (Å²) >= 11 is 0. The first kappa shape index (κ1) is 18.0. The molecule has 1 amide bonds. The number of carboxylic acid groups (broad SMARTS) is 1. The minimum absolute atomic E-state index is 0.390. The number of ether oxygens (including phenoxy) is 1. The standard InChI is InChI=1S/C19H23N3O4/c1-11(2)10-22-12(3)15(9-20-22)18(23)21-17(19(24)25)14-4-5-16-13(8-14)6-7-26-16/h4-5,8-9,11,17H,6-7,10H2,1-3H3,(H,21,23)(H,24,25). The number of hydrogen-bond donors (Lipinski definition) is 2. The van der Waals surface area contributed by atoms with Crippen molar-refractivity contribution in [3.63, 3.8) is 0 Å². The van der Waals surface area contributed by atoms with Gasteiger partial charge >= 0.3 is 5.97 Å². The zero-order valence-electron chi connectivity index (χ0n) is 15.2. The van der Waals surface area contributed by atoms with Crippen molar-refractivity contribution in [3.05, 3.63) is 46.8 Å². The molecule has 1 unspecified atom stereocenters. The van der Waals surface area contributed by atoms with Crippen molar-refractivity contribution >= 4 is 11.9 Å². The van der Waals surface area contributed by atoms with Gasteiger partial charge in [-0.3, -0.25) is 9.48 Å². The minimum atomic E-state index is -1.12. The molecule has 0 saturated carbocycles. The highest BCUT2D eigenvalue weighted by molar-refractivity contribution is 5.97. The quantitative estimate of drug-likeness (QED) is 0.828. The number of aliphatic carboxylic acids is 1. The first-order valence-electron chi connectivity index (χ1n) is 8.68. The number of carbonyl (C=O) groups excluding carboxylic acids is 1. The Morgan fingerprint density at radius 3 is 2.85 bits per heavy atom. The molecule has 0 bridgehead atoms. The van der Waals surface area contributed by atoms with Crippen molar-refractivity contribution in [3.8, 4) is 5.75 Å². The second-order valence-electron chi connectivity index (χ2n) is 6.93. The Balaban J connectivity index is 1.81. The fourth-order valence-corrected chi connectivity index (χ4v) is 3.08. The van der Waals surface area contributed by atoms with E-state index in [2.05, 4.69) is 24.3 Å². The number of amides is 1. The topological polar surface area (TPSA) is 93.5 Å². The van der Waals surface area contributed by atoms with E-state index < -0.39 is 17.9 Å². The van der Waals surface area contributed by atoms with Gasteiger partial charge in [-0.25, -0.2) is 4.79 Å². The molecule has 0 saturated heterocycles. The van der Waals surface area contributed by atoms with Crippen molar-refractivity contribution in [2.75, 3.05) is 6.61 Å². The molecule has 0 fully saturated rings. The lowest BCUT2D eigenvalue weighted by Crippen LogP contribution is -2.34. The summed E-state index contributed by atoms with van der Waals surface area (Å²) in [6.07, 6.45) is 2.23. The highest BCUT2D eigenvalue weighted by Crippen LogP contribution is 2.28. The molecule has 2 heterocycles. The molecule has 1 aromatic heterocycles. The molecule has 3 rings (SSSR count). The van der Waals surface area contributed by atoms with Crippen LogP contribution in [0.3, 0.4) is 0 Å². The molecule has 2 aromatic rings. The van der Waals surface area contributed by atoms with E-state index in [0.717, 1.165) is 23.4 Å². The lowest BCUT2D eigenvalue weighted by Gasteiger charge is -2.16. The maximum absolute atomic E-state index is 12.6. The molecular weight excluding hydrogens is 334 g/mol. The van der Waals surface area contributed by atoms with Crippen LogP contribution in [-0.2, 0) is 17.8 Å². The van der Waals surface area contributed by atoms with Crippen LogP contribution < -0.4 is 10.1 Å². The van der Waals surface area contributed by atoms with Crippen molar-refractivity contribution in [1.82, 2.24) is 15.1 Å². The number of rotatable bonds is 6. The number of benzene rings is 1. The number of nitrogens with one attached hydrogen (secondary N) is 1. The van der Waals surface area contributed by atoms with Gasteiger partial charge in [0.05, 0.1) is 18.4 Å². The van der Waals surface area contributed by atoms with E-state index in [-0.39, 0.29) is 0 Å². The highest BCUT2D eigenvalue weighted by atomic mass is 16.5. The second kappa shape index (κ2) is 7.19. The Kier molecular flexibility index (Phi) is 4.97. The molecule has 138 valence electrons. The number of carbonyl (C=O) groups is 2. The molecule has 7 nitrogen and oxygen atoms in total. The molecule has 26 heavy (non-hydrogen) atoms. The summed E-state index contributed by atoms with van der Waals surface area (Å²) in [5.41, 5.74) is 2.61. The third-order valence-corrected chi connectivity index (χ3v) is 4.46. The average Bonchev–Trinajstić information content (AvgIpc) is 3.18. The number of hydrogen-bond acceptors (Lipinski definition) is 4. The molecule has 1 aliphatic rings. The lowest BCUT2D eigenvalue weighted by molar-refractivity contribution is -0.139. The van der Waals surface area contributed by atoms with E-state index in [1.54, 1.807) is 22.9 Å². The summed E-state index contributed by atoms with van der Waals surface area (Å²) in [6.45, 7) is 7.24. The van der Waals surface area contributed by atoms with Gasteiger partial charge in [-0.2, -0.15) is 5.10 Å². The highest BCUT2D eigenvalue weighted by Gasteiger charge is 2.26. The van der Waals surface area contributed by atoms with E-state index in [1.807, 2.05) is 6.92 Å². The predicted octanol–water partition coefficient (Wildman–Crippen LogP) is 2.34. The van der Waals surface area contributed by atoms with E-state index in [1.165, 1.54) is 6.20 Å². The van der Waals surface area contributed by atoms with E-state index >= 15 is 0 Å². The van der Waals surface area contributed by atoms with Crippen LogP contribution in [0.15, 0.2) is 24.4 Å². The first-order valence-corrected chi connectivity index (χ1v) is 8.68. The Morgan fingerprint density at radius 2 is 2.15 bits per heavy atom. The molecule has 0 aliphatic carbocycles. The molecule has 0 spiro atoms. The molecule has 1 atom stereocenters. The number of nitrogens with zero attached hydrogens (tertiary/aromatic N) is 2. The van der Waals surface area contributed by atoms with E-state index in [0.29, 0.717) is 30.2 Å². The monoisotopic (exact) mass is 357 g/mol. The molecule has 1 aromatic carbocycles. The van der Waals surface area contributed by atoms with Crippen LogP contribution in [0.5, 0.6) is 5.75 Å². The maximum atomic E-state index is 12.6. The van der Waals surface area contributed by atoms with Gasteiger partial charge < -0.3 is 15.2 Å². The van der Waals surface area contributed by atoms with Gasteiger partial charge in [0, 0.05) is 18.7 Å². The summed E-state index contributed by atoms with van der Waals surface area (Å²) < 4.78 is 7.21. The molecule has 7 heteroatoms.